The van der Waals surface area contributed by atoms with E-state index in [9.17, 15) is 18.0 Å². The summed E-state index contributed by atoms with van der Waals surface area (Å²) < 4.78 is 25.5. The van der Waals surface area contributed by atoms with Crippen LogP contribution in [0.2, 0.25) is 5.02 Å². The van der Waals surface area contributed by atoms with Crippen LogP contribution in [0.5, 0.6) is 0 Å². The summed E-state index contributed by atoms with van der Waals surface area (Å²) in [5.41, 5.74) is 0.783. The van der Waals surface area contributed by atoms with Crippen molar-refractivity contribution in [1.29, 1.82) is 0 Å². The number of hydrogen-bond donors (Lipinski definition) is 1. The zero-order valence-corrected chi connectivity index (χ0v) is 14.8. The SMILES string of the molecule is C[C@H](NC(=O)CN1C(=O)c2ccccc2S1(=O)=O)c1ccccc1Cl. The molecule has 2 amide bonds. The minimum Gasteiger partial charge on any atom is -0.348 e. The number of nitrogens with zero attached hydrogens (tertiary/aromatic N) is 1. The van der Waals surface area contributed by atoms with Gasteiger partial charge in [0.05, 0.1) is 11.6 Å². The van der Waals surface area contributed by atoms with Gasteiger partial charge in [-0.15, -0.1) is 0 Å². The van der Waals surface area contributed by atoms with Gasteiger partial charge in [0.2, 0.25) is 5.91 Å². The normalized spacial score (nSPS) is 16.4. The third-order valence-corrected chi connectivity index (χ3v) is 6.08. The van der Waals surface area contributed by atoms with Gasteiger partial charge in [0, 0.05) is 5.02 Å². The molecule has 0 aromatic heterocycles. The molecular formula is C17H15ClN2O4S. The smallest absolute Gasteiger partial charge is 0.269 e. The number of carbonyl (C=O) groups excluding carboxylic acids is 2. The minimum absolute atomic E-state index is 0.0769. The highest BCUT2D eigenvalue weighted by Gasteiger charge is 2.41. The molecule has 0 spiro atoms. The van der Waals surface area contributed by atoms with Crippen LogP contribution in [-0.4, -0.2) is 31.1 Å². The zero-order valence-electron chi connectivity index (χ0n) is 13.3. The van der Waals surface area contributed by atoms with Gasteiger partial charge in [-0.05, 0) is 30.7 Å². The van der Waals surface area contributed by atoms with E-state index in [1.54, 1.807) is 37.3 Å². The molecular weight excluding hydrogens is 364 g/mol. The fourth-order valence-corrected chi connectivity index (χ4v) is 4.53. The Balaban J connectivity index is 1.76. The number of fused-ring (bicyclic) bond motifs is 1. The zero-order chi connectivity index (χ0) is 18.2. The predicted octanol–water partition coefficient (Wildman–Crippen LogP) is 2.36. The van der Waals surface area contributed by atoms with E-state index < -0.39 is 34.4 Å². The monoisotopic (exact) mass is 378 g/mol. The summed E-state index contributed by atoms with van der Waals surface area (Å²) in [7, 11) is -4.00. The average Bonchev–Trinajstić information content (AvgIpc) is 2.76. The lowest BCUT2D eigenvalue weighted by Crippen LogP contribution is -2.41. The van der Waals surface area contributed by atoms with Crippen LogP contribution in [0.25, 0.3) is 0 Å². The number of nitrogens with one attached hydrogen (secondary N) is 1. The first-order valence-corrected chi connectivity index (χ1v) is 9.34. The quantitative estimate of drug-likeness (QED) is 0.885. The van der Waals surface area contributed by atoms with Gasteiger partial charge in [0.15, 0.2) is 0 Å². The summed E-state index contributed by atoms with van der Waals surface area (Å²) in [6, 6.07) is 12.5. The average molecular weight is 379 g/mol. The number of benzene rings is 2. The van der Waals surface area contributed by atoms with E-state index in [1.165, 1.54) is 18.2 Å². The summed E-state index contributed by atoms with van der Waals surface area (Å²) in [6.07, 6.45) is 0. The minimum atomic E-state index is -4.00. The van der Waals surface area contributed by atoms with Crippen molar-refractivity contribution in [3.05, 3.63) is 64.7 Å². The third-order valence-electron chi connectivity index (χ3n) is 3.95. The summed E-state index contributed by atoms with van der Waals surface area (Å²) in [5, 5.41) is 3.16. The molecule has 1 aliphatic rings. The van der Waals surface area contributed by atoms with Crippen LogP contribution in [0.3, 0.4) is 0 Å². The van der Waals surface area contributed by atoms with E-state index in [0.717, 1.165) is 0 Å². The first kappa shape index (κ1) is 17.4. The molecule has 1 atom stereocenters. The number of carbonyl (C=O) groups is 2. The molecule has 0 fully saturated rings. The molecule has 1 N–H and O–H groups in total. The van der Waals surface area contributed by atoms with Gasteiger partial charge in [-0.25, -0.2) is 12.7 Å². The maximum absolute atomic E-state index is 12.4. The first-order valence-electron chi connectivity index (χ1n) is 7.52. The van der Waals surface area contributed by atoms with E-state index >= 15 is 0 Å². The third kappa shape index (κ3) is 3.12. The molecule has 0 saturated heterocycles. The molecule has 0 radical (unpaired) electrons. The molecule has 0 saturated carbocycles. The second-order valence-corrected chi connectivity index (χ2v) is 7.86. The lowest BCUT2D eigenvalue weighted by Gasteiger charge is -2.19. The topological polar surface area (TPSA) is 83.6 Å². The fraction of sp³-hybridized carbons (Fsp3) is 0.176. The number of sulfonamides is 1. The summed E-state index contributed by atoms with van der Waals surface area (Å²) in [5.74, 6) is -1.28. The van der Waals surface area contributed by atoms with Crippen LogP contribution in [0.4, 0.5) is 0 Å². The molecule has 0 unspecified atom stereocenters. The number of halogens is 1. The molecule has 8 heteroatoms. The largest absolute Gasteiger partial charge is 0.348 e. The Morgan fingerprint density at radius 1 is 1.16 bits per heavy atom. The van der Waals surface area contributed by atoms with Crippen molar-refractivity contribution in [1.82, 2.24) is 9.62 Å². The Kier molecular flexibility index (Phi) is 4.53. The Morgan fingerprint density at radius 3 is 2.48 bits per heavy atom. The van der Waals surface area contributed by atoms with Gasteiger partial charge in [0.25, 0.3) is 15.9 Å². The van der Waals surface area contributed by atoms with Crippen molar-refractivity contribution in [3.8, 4) is 0 Å². The lowest BCUT2D eigenvalue weighted by molar-refractivity contribution is -0.121. The van der Waals surface area contributed by atoms with Gasteiger partial charge in [-0.3, -0.25) is 9.59 Å². The Hall–Kier alpha value is -2.38. The van der Waals surface area contributed by atoms with Crippen LogP contribution in [0, 0.1) is 0 Å². The molecule has 25 heavy (non-hydrogen) atoms. The number of amides is 2. The van der Waals surface area contributed by atoms with Crippen molar-refractivity contribution >= 4 is 33.4 Å². The van der Waals surface area contributed by atoms with Crippen molar-refractivity contribution in [2.75, 3.05) is 6.54 Å². The number of rotatable bonds is 4. The van der Waals surface area contributed by atoms with Crippen molar-refractivity contribution in [2.45, 2.75) is 17.9 Å². The fourth-order valence-electron chi connectivity index (χ4n) is 2.71. The van der Waals surface area contributed by atoms with Gasteiger partial charge in [0.1, 0.15) is 11.4 Å². The van der Waals surface area contributed by atoms with E-state index in [1.807, 2.05) is 0 Å². The maximum atomic E-state index is 12.4. The van der Waals surface area contributed by atoms with Crippen LogP contribution in [0.15, 0.2) is 53.4 Å². The Morgan fingerprint density at radius 2 is 1.80 bits per heavy atom. The summed E-state index contributed by atoms with van der Waals surface area (Å²) >= 11 is 6.09. The predicted molar refractivity (Wildman–Crippen MR) is 92.7 cm³/mol. The second kappa shape index (κ2) is 6.50. The molecule has 0 aliphatic carbocycles. The van der Waals surface area contributed by atoms with E-state index in [0.29, 0.717) is 14.9 Å². The van der Waals surface area contributed by atoms with Crippen molar-refractivity contribution in [2.24, 2.45) is 0 Å². The lowest BCUT2D eigenvalue weighted by atomic mass is 10.1. The Bertz CT molecular complexity index is 959. The van der Waals surface area contributed by atoms with Crippen molar-refractivity contribution < 1.29 is 18.0 Å². The maximum Gasteiger partial charge on any atom is 0.269 e. The van der Waals surface area contributed by atoms with E-state index in [-0.39, 0.29) is 10.5 Å². The summed E-state index contributed by atoms with van der Waals surface area (Å²) in [6.45, 7) is 1.15. The van der Waals surface area contributed by atoms with Gasteiger partial charge in [-0.2, -0.15) is 0 Å². The second-order valence-electron chi connectivity index (χ2n) is 5.62. The van der Waals surface area contributed by atoms with Gasteiger partial charge < -0.3 is 5.32 Å². The molecule has 1 aliphatic heterocycles. The summed E-state index contributed by atoms with van der Waals surface area (Å²) in [4.78, 5) is 24.5. The standard InChI is InChI=1S/C17H15ClN2O4S/c1-11(12-6-2-4-8-14(12)18)19-16(21)10-20-17(22)13-7-3-5-9-15(13)25(20,23)24/h2-9,11H,10H2,1H3,(H,19,21)/t11-/m0/s1. The van der Waals surface area contributed by atoms with E-state index in [4.69, 9.17) is 11.6 Å². The highest BCUT2D eigenvalue weighted by molar-refractivity contribution is 7.90. The Labute approximate surface area is 150 Å². The molecule has 0 bridgehead atoms. The first-order chi connectivity index (χ1) is 11.8. The molecule has 3 rings (SSSR count). The molecule has 130 valence electrons. The molecule has 2 aromatic rings. The van der Waals surface area contributed by atoms with Crippen LogP contribution in [-0.2, 0) is 14.8 Å². The number of hydrogen-bond acceptors (Lipinski definition) is 4. The van der Waals surface area contributed by atoms with Crippen LogP contribution < -0.4 is 5.32 Å². The highest BCUT2D eigenvalue weighted by atomic mass is 35.5. The van der Waals surface area contributed by atoms with Crippen LogP contribution in [0.1, 0.15) is 28.9 Å². The molecule has 6 nitrogen and oxygen atoms in total. The van der Waals surface area contributed by atoms with Gasteiger partial charge in [-0.1, -0.05) is 41.9 Å². The van der Waals surface area contributed by atoms with Crippen molar-refractivity contribution in [3.63, 3.8) is 0 Å². The van der Waals surface area contributed by atoms with Crippen LogP contribution >= 0.6 is 11.6 Å². The highest BCUT2D eigenvalue weighted by Crippen LogP contribution is 2.29. The molecule has 1 heterocycles. The molecule has 2 aromatic carbocycles. The van der Waals surface area contributed by atoms with E-state index in [2.05, 4.69) is 5.32 Å². The van der Waals surface area contributed by atoms with Gasteiger partial charge >= 0.3 is 0 Å².